The quantitative estimate of drug-likeness (QED) is 0.524. The van der Waals surface area contributed by atoms with Crippen molar-refractivity contribution in [3.63, 3.8) is 0 Å². The normalized spacial score (nSPS) is 11.2. The number of hydrogen-bond acceptors (Lipinski definition) is 2. The first-order chi connectivity index (χ1) is 13.0. The summed E-state index contributed by atoms with van der Waals surface area (Å²) in [6.45, 7) is 11.4. The summed E-state index contributed by atoms with van der Waals surface area (Å²) in [4.78, 5) is 14.1. The van der Waals surface area contributed by atoms with Crippen LogP contribution < -0.4 is 18.9 Å². The molecule has 28 heavy (non-hydrogen) atoms. The van der Waals surface area contributed by atoms with E-state index in [-0.39, 0.29) is 25.3 Å². The molecule has 0 saturated heterocycles. The van der Waals surface area contributed by atoms with Gasteiger partial charge in [0, 0.05) is 29.3 Å². The van der Waals surface area contributed by atoms with Crippen LogP contribution in [0.15, 0.2) is 48.7 Å². The Hall–Kier alpha value is -1.27. The van der Waals surface area contributed by atoms with Crippen molar-refractivity contribution in [1.29, 1.82) is 0 Å². The van der Waals surface area contributed by atoms with Crippen molar-refractivity contribution >= 4 is 17.6 Å². The smallest absolute Gasteiger partial charge is 0.481 e. The largest absolute Gasteiger partial charge is 1.00 e. The number of nitrogens with zero attached hydrogens (tertiary/aromatic N) is 1. The molecule has 148 valence electrons. The van der Waals surface area contributed by atoms with Gasteiger partial charge in [-0.1, -0.05) is 42.1 Å². The van der Waals surface area contributed by atoms with Crippen LogP contribution in [0.25, 0.3) is 0 Å². The molecule has 1 heterocycles. The van der Waals surface area contributed by atoms with Crippen LogP contribution in [0.4, 0.5) is 0 Å². The number of carbonyl (C=O) groups is 1. The number of halogens is 1. The number of hydrogen-bond donors (Lipinski definition) is 1. The molecule has 0 saturated carbocycles. The fourth-order valence-corrected chi connectivity index (χ4v) is 2.88. The van der Waals surface area contributed by atoms with Crippen molar-refractivity contribution in [2.75, 3.05) is 0 Å². The maximum Gasteiger partial charge on any atom is 1.00 e. The Morgan fingerprint density at radius 2 is 1.68 bits per heavy atom. The number of aromatic nitrogens is 1. The zero-order valence-corrected chi connectivity index (χ0v) is 17.6. The summed E-state index contributed by atoms with van der Waals surface area (Å²) in [6.07, 6.45) is 6.59. The van der Waals surface area contributed by atoms with Crippen molar-refractivity contribution < 1.29 is 28.8 Å². The molecule has 2 rings (SSSR count). The SMILES string of the molecule is [CH2-]CC(C[CH2-])CC[C@@H](c1ccc(Cl)cc1)c1ccccn1.[CH2-]CCC(=O)O.[Li+]. The molecule has 1 N–H and O–H groups in total. The molecule has 0 aliphatic carbocycles. The van der Waals surface area contributed by atoms with Gasteiger partial charge in [0.05, 0.1) is 0 Å². The van der Waals surface area contributed by atoms with Gasteiger partial charge < -0.3 is 25.9 Å². The Morgan fingerprint density at radius 3 is 2.11 bits per heavy atom. The zero-order chi connectivity index (χ0) is 20.1. The van der Waals surface area contributed by atoms with E-state index in [2.05, 4.69) is 44.0 Å². The molecule has 0 unspecified atom stereocenters. The maximum absolute atomic E-state index is 9.56. The van der Waals surface area contributed by atoms with Crippen LogP contribution in [0.1, 0.15) is 55.7 Å². The fourth-order valence-electron chi connectivity index (χ4n) is 2.75. The van der Waals surface area contributed by atoms with Crippen LogP contribution in [-0.4, -0.2) is 16.1 Å². The number of carboxylic acids is 1. The minimum atomic E-state index is -0.773. The fraction of sp³-hybridized carbons (Fsp3) is 0.348. The van der Waals surface area contributed by atoms with Gasteiger partial charge in [-0.3, -0.25) is 9.78 Å². The van der Waals surface area contributed by atoms with Crippen molar-refractivity contribution in [3.8, 4) is 0 Å². The van der Waals surface area contributed by atoms with Crippen molar-refractivity contribution in [2.24, 2.45) is 5.92 Å². The van der Waals surface area contributed by atoms with Crippen LogP contribution in [0.5, 0.6) is 0 Å². The predicted octanol–water partition coefficient (Wildman–Crippen LogP) is 3.40. The number of carboxylic acid groups (broad SMARTS) is 1. The summed E-state index contributed by atoms with van der Waals surface area (Å²) in [7, 11) is 0. The second-order valence-corrected chi connectivity index (χ2v) is 6.81. The van der Waals surface area contributed by atoms with Gasteiger partial charge in [-0.15, -0.1) is 0 Å². The molecule has 0 bridgehead atoms. The first-order valence-electron chi connectivity index (χ1n) is 9.27. The third-order valence-corrected chi connectivity index (χ3v) is 4.64. The average molecular weight is 394 g/mol. The van der Waals surface area contributed by atoms with Crippen LogP contribution in [0.3, 0.4) is 0 Å². The maximum atomic E-state index is 9.56. The van der Waals surface area contributed by atoms with Crippen LogP contribution in [-0.2, 0) is 4.79 Å². The summed E-state index contributed by atoms with van der Waals surface area (Å²) in [5, 5.41) is 8.64. The van der Waals surface area contributed by atoms with E-state index in [0.717, 1.165) is 36.4 Å². The third kappa shape index (κ3) is 10.3. The number of pyridine rings is 1. The molecule has 0 aliphatic rings. The second-order valence-electron chi connectivity index (χ2n) is 6.38. The molecule has 2 aromatic rings. The van der Waals surface area contributed by atoms with Gasteiger partial charge in [0.1, 0.15) is 0 Å². The second kappa shape index (κ2) is 15.6. The first-order valence-corrected chi connectivity index (χ1v) is 9.65. The molecule has 0 fully saturated rings. The Balaban J connectivity index is 0.000000910. The van der Waals surface area contributed by atoms with E-state index in [1.165, 1.54) is 5.56 Å². The van der Waals surface area contributed by atoms with E-state index >= 15 is 0 Å². The van der Waals surface area contributed by atoms with Gasteiger partial charge in [-0.25, -0.2) is 0 Å². The number of rotatable bonds is 9. The first kappa shape index (κ1) is 26.7. The minimum Gasteiger partial charge on any atom is -0.481 e. The topological polar surface area (TPSA) is 50.2 Å². The Morgan fingerprint density at radius 1 is 1.04 bits per heavy atom. The molecule has 0 spiro atoms. The van der Waals surface area contributed by atoms with Crippen LogP contribution in [0.2, 0.25) is 5.02 Å². The van der Waals surface area contributed by atoms with Gasteiger partial charge in [-0.2, -0.15) is 19.3 Å². The summed E-state index contributed by atoms with van der Waals surface area (Å²) in [5.41, 5.74) is 2.39. The predicted molar refractivity (Wildman–Crippen MR) is 112 cm³/mol. The molecule has 0 radical (unpaired) electrons. The molecule has 3 nitrogen and oxygen atoms in total. The van der Waals surface area contributed by atoms with E-state index < -0.39 is 5.97 Å². The summed E-state index contributed by atoms with van der Waals surface area (Å²) >= 11 is 6.00. The van der Waals surface area contributed by atoms with Crippen molar-refractivity contribution in [3.05, 3.63) is 85.7 Å². The average Bonchev–Trinajstić information content (AvgIpc) is 2.67. The molecule has 1 aromatic carbocycles. The van der Waals surface area contributed by atoms with Crippen LogP contribution >= 0.6 is 11.6 Å². The minimum absolute atomic E-state index is 0. The Labute approximate surface area is 187 Å². The molecule has 1 atom stereocenters. The molecular weight excluding hydrogens is 365 g/mol. The van der Waals surface area contributed by atoms with Gasteiger partial charge in [0.2, 0.25) is 0 Å². The molecule has 5 heteroatoms. The standard InChI is InChI=1S/C19H22ClN.C4H7O2.Li/c1-3-15(4-2)8-13-18(19-7-5-6-14-21-19)16-9-11-17(20)12-10-16;1-2-3-4(5)6;/h5-7,9-12,14-15,18H,1-4,8,13H2;1-3H2,(H,5,6);/q-2;-1;+1/t18-;;/m0../s1. The number of aliphatic carboxylic acids is 1. The van der Waals surface area contributed by atoms with E-state index in [1.807, 2.05) is 30.5 Å². The summed E-state index contributed by atoms with van der Waals surface area (Å²) in [5.74, 6) is 0.123. The molecular formula is C23H29ClLiNO2-2. The Kier molecular flexibility index (Phi) is 14.9. The molecule has 1 aromatic heterocycles. The van der Waals surface area contributed by atoms with E-state index in [0.29, 0.717) is 18.3 Å². The van der Waals surface area contributed by atoms with Crippen molar-refractivity contribution in [1.82, 2.24) is 4.98 Å². The third-order valence-electron chi connectivity index (χ3n) is 4.39. The molecule has 0 aliphatic heterocycles. The van der Waals surface area contributed by atoms with Crippen molar-refractivity contribution in [2.45, 2.75) is 44.4 Å². The number of benzene rings is 1. The van der Waals surface area contributed by atoms with E-state index in [4.69, 9.17) is 16.7 Å². The zero-order valence-electron chi connectivity index (χ0n) is 16.8. The Bertz CT molecular complexity index is 645. The van der Waals surface area contributed by atoms with E-state index in [1.54, 1.807) is 0 Å². The monoisotopic (exact) mass is 393 g/mol. The molecule has 0 amide bonds. The van der Waals surface area contributed by atoms with Gasteiger partial charge in [0.25, 0.3) is 0 Å². The van der Waals surface area contributed by atoms with Crippen LogP contribution in [0, 0.1) is 26.7 Å². The summed E-state index contributed by atoms with van der Waals surface area (Å²) < 4.78 is 0. The van der Waals surface area contributed by atoms with Gasteiger partial charge in [0.15, 0.2) is 0 Å². The van der Waals surface area contributed by atoms with Gasteiger partial charge in [-0.05, 0) is 36.2 Å². The summed E-state index contributed by atoms with van der Waals surface area (Å²) in [6, 6.07) is 14.2. The van der Waals surface area contributed by atoms with E-state index in [9.17, 15) is 4.79 Å². The van der Waals surface area contributed by atoms with Gasteiger partial charge >= 0.3 is 24.8 Å².